The summed E-state index contributed by atoms with van der Waals surface area (Å²) in [4.78, 5) is 15.3. The predicted octanol–water partition coefficient (Wildman–Crippen LogP) is 3.99. The molecule has 3 N–H and O–H groups in total. The maximum absolute atomic E-state index is 12.4. The van der Waals surface area contributed by atoms with Crippen LogP contribution in [0.1, 0.15) is 22.3 Å². The quantitative estimate of drug-likeness (QED) is 0.570. The summed E-state index contributed by atoms with van der Waals surface area (Å²) in [6, 6.07) is 11.9. The van der Waals surface area contributed by atoms with Gasteiger partial charge in [0.05, 0.1) is 12.8 Å². The molecule has 3 aromatic rings. The van der Waals surface area contributed by atoms with Crippen molar-refractivity contribution in [3.05, 3.63) is 69.0 Å². The van der Waals surface area contributed by atoms with Crippen molar-refractivity contribution in [2.45, 2.75) is 27.2 Å². The first-order valence-corrected chi connectivity index (χ1v) is 9.61. The number of rotatable bonds is 5. The van der Waals surface area contributed by atoms with Crippen molar-refractivity contribution >= 4 is 33.9 Å². The van der Waals surface area contributed by atoms with Gasteiger partial charge in [-0.3, -0.25) is 4.79 Å². The number of aryl methyl sites for hydroxylation is 3. The Labute approximate surface area is 170 Å². The molecule has 1 aromatic heterocycles. The second-order valence-electron chi connectivity index (χ2n) is 6.98. The summed E-state index contributed by atoms with van der Waals surface area (Å²) in [5, 5.41) is 7.85. The number of nitrogens with one attached hydrogen (secondary N) is 3. The molecule has 0 radical (unpaired) electrons. The third kappa shape index (κ3) is 4.51. The average Bonchev–Trinajstić information content (AvgIpc) is 2.64. The smallest absolute Gasteiger partial charge is 0.251 e. The maximum Gasteiger partial charge on any atom is 0.251 e. The lowest BCUT2D eigenvalue weighted by Crippen LogP contribution is -2.31. The number of benzene rings is 2. The Bertz CT molecular complexity index is 1090. The Morgan fingerprint density at radius 2 is 1.86 bits per heavy atom. The van der Waals surface area contributed by atoms with Gasteiger partial charge in [-0.2, -0.15) is 0 Å². The van der Waals surface area contributed by atoms with Crippen LogP contribution in [-0.2, 0) is 6.42 Å². The molecule has 0 amide bonds. The number of hydrogen-bond acceptors (Lipinski definition) is 3. The fraction of sp³-hybridized carbons (Fsp3) is 0.273. The number of anilines is 1. The van der Waals surface area contributed by atoms with Crippen LogP contribution in [-0.4, -0.2) is 23.8 Å². The van der Waals surface area contributed by atoms with E-state index in [1.165, 1.54) is 11.1 Å². The molecule has 0 unspecified atom stereocenters. The van der Waals surface area contributed by atoms with Crippen LogP contribution in [0.15, 0.2) is 41.2 Å². The van der Waals surface area contributed by atoms with Gasteiger partial charge in [0.25, 0.3) is 5.56 Å². The number of thiocarbonyl (C=S) groups is 1. The summed E-state index contributed by atoms with van der Waals surface area (Å²) in [6.07, 6.45) is 0.574. The summed E-state index contributed by atoms with van der Waals surface area (Å²) < 4.78 is 5.35. The van der Waals surface area contributed by atoms with Crippen molar-refractivity contribution in [1.29, 1.82) is 0 Å². The second-order valence-corrected chi connectivity index (χ2v) is 7.39. The number of aromatic nitrogens is 1. The van der Waals surface area contributed by atoms with E-state index in [1.54, 1.807) is 7.11 Å². The molecule has 0 saturated carbocycles. The number of aromatic amines is 1. The molecule has 2 aromatic carbocycles. The van der Waals surface area contributed by atoms with Gasteiger partial charge < -0.3 is 20.4 Å². The number of ether oxygens (including phenoxy) is 1. The fourth-order valence-corrected chi connectivity index (χ4v) is 3.32. The minimum Gasteiger partial charge on any atom is -0.495 e. The first kappa shape index (κ1) is 19.9. The molecule has 0 aliphatic rings. The zero-order valence-corrected chi connectivity index (χ0v) is 17.4. The molecular formula is C22H25N3O2S. The standard InChI is InChI=1S/C22H25N3O2S/c1-13-5-6-20(27-4)19(9-13)25-22(28)23-8-7-16-12-17-10-14(2)15(3)11-18(17)24-21(16)26/h5-6,9-12H,7-8H2,1-4H3,(H,24,26)(H2,23,25,28). The lowest BCUT2D eigenvalue weighted by molar-refractivity contribution is 0.417. The molecule has 0 atom stereocenters. The Balaban J connectivity index is 1.65. The third-order valence-electron chi connectivity index (χ3n) is 4.82. The monoisotopic (exact) mass is 395 g/mol. The molecular weight excluding hydrogens is 370 g/mol. The van der Waals surface area contributed by atoms with Crippen LogP contribution in [0.2, 0.25) is 0 Å². The van der Waals surface area contributed by atoms with Crippen LogP contribution >= 0.6 is 12.2 Å². The van der Waals surface area contributed by atoms with Gasteiger partial charge in [0.15, 0.2) is 5.11 Å². The van der Waals surface area contributed by atoms with E-state index < -0.39 is 0 Å². The Morgan fingerprint density at radius 1 is 1.11 bits per heavy atom. The zero-order valence-electron chi connectivity index (χ0n) is 16.6. The van der Waals surface area contributed by atoms with Crippen LogP contribution in [0, 0.1) is 20.8 Å². The first-order chi connectivity index (χ1) is 13.4. The third-order valence-corrected chi connectivity index (χ3v) is 5.06. The Morgan fingerprint density at radius 3 is 2.61 bits per heavy atom. The summed E-state index contributed by atoms with van der Waals surface area (Å²) in [7, 11) is 1.63. The Kier molecular flexibility index (Phi) is 5.99. The van der Waals surface area contributed by atoms with Gasteiger partial charge in [-0.15, -0.1) is 0 Å². The van der Waals surface area contributed by atoms with Gasteiger partial charge in [0, 0.05) is 17.6 Å². The first-order valence-electron chi connectivity index (χ1n) is 9.20. The predicted molar refractivity (Wildman–Crippen MR) is 120 cm³/mol. The molecule has 0 aliphatic heterocycles. The summed E-state index contributed by atoms with van der Waals surface area (Å²) >= 11 is 5.38. The highest BCUT2D eigenvalue weighted by Crippen LogP contribution is 2.25. The fourth-order valence-electron chi connectivity index (χ4n) is 3.10. The van der Waals surface area contributed by atoms with Crippen molar-refractivity contribution in [2.75, 3.05) is 19.0 Å². The normalized spacial score (nSPS) is 10.7. The van der Waals surface area contributed by atoms with E-state index in [2.05, 4.69) is 28.6 Å². The molecule has 0 bridgehead atoms. The van der Waals surface area contributed by atoms with Crippen molar-refractivity contribution < 1.29 is 4.74 Å². The van der Waals surface area contributed by atoms with Gasteiger partial charge in [-0.25, -0.2) is 0 Å². The van der Waals surface area contributed by atoms with Crippen molar-refractivity contribution in [1.82, 2.24) is 10.3 Å². The SMILES string of the molecule is COc1ccc(C)cc1NC(=S)NCCc1cc2cc(C)c(C)cc2[nH]c1=O. The van der Waals surface area contributed by atoms with Gasteiger partial charge in [-0.1, -0.05) is 6.07 Å². The number of H-pyrrole nitrogens is 1. The van der Waals surface area contributed by atoms with Gasteiger partial charge in [0.2, 0.25) is 0 Å². The minimum atomic E-state index is -0.0585. The molecule has 0 spiro atoms. The molecule has 6 heteroatoms. The molecule has 1 heterocycles. The summed E-state index contributed by atoms with van der Waals surface area (Å²) in [6.45, 7) is 6.68. The number of pyridine rings is 1. The van der Waals surface area contributed by atoms with E-state index in [-0.39, 0.29) is 5.56 Å². The van der Waals surface area contributed by atoms with E-state index in [0.29, 0.717) is 18.1 Å². The highest BCUT2D eigenvalue weighted by Gasteiger charge is 2.07. The van der Waals surface area contributed by atoms with Gasteiger partial charge >= 0.3 is 0 Å². The number of methoxy groups -OCH3 is 1. The van der Waals surface area contributed by atoms with Crippen molar-refractivity contribution in [2.24, 2.45) is 0 Å². The van der Waals surface area contributed by atoms with Crippen molar-refractivity contribution in [3.8, 4) is 5.75 Å². The van der Waals surface area contributed by atoms with E-state index in [0.717, 1.165) is 33.5 Å². The molecule has 146 valence electrons. The molecule has 5 nitrogen and oxygen atoms in total. The topological polar surface area (TPSA) is 66.2 Å². The second kappa shape index (κ2) is 8.44. The van der Waals surface area contributed by atoms with Gasteiger partial charge in [0.1, 0.15) is 5.75 Å². The summed E-state index contributed by atoms with van der Waals surface area (Å²) in [5.41, 5.74) is 5.85. The van der Waals surface area contributed by atoms with Gasteiger partial charge in [-0.05, 0) is 91.8 Å². The van der Waals surface area contributed by atoms with E-state index >= 15 is 0 Å². The van der Waals surface area contributed by atoms with E-state index in [4.69, 9.17) is 17.0 Å². The van der Waals surface area contributed by atoms with Crippen molar-refractivity contribution in [3.63, 3.8) is 0 Å². The Hall–Kier alpha value is -2.86. The molecule has 0 fully saturated rings. The number of fused-ring (bicyclic) bond motifs is 1. The van der Waals surface area contributed by atoms with E-state index in [9.17, 15) is 4.79 Å². The number of hydrogen-bond donors (Lipinski definition) is 3. The van der Waals surface area contributed by atoms with Crippen LogP contribution in [0.5, 0.6) is 5.75 Å². The molecule has 3 rings (SSSR count). The van der Waals surface area contributed by atoms with Crippen LogP contribution in [0.4, 0.5) is 5.69 Å². The highest BCUT2D eigenvalue weighted by atomic mass is 32.1. The highest BCUT2D eigenvalue weighted by molar-refractivity contribution is 7.80. The zero-order chi connectivity index (χ0) is 20.3. The summed E-state index contributed by atoms with van der Waals surface area (Å²) in [5.74, 6) is 0.728. The molecule has 28 heavy (non-hydrogen) atoms. The molecule has 0 aliphatic carbocycles. The van der Waals surface area contributed by atoms with Crippen LogP contribution in [0.3, 0.4) is 0 Å². The lowest BCUT2D eigenvalue weighted by Gasteiger charge is -2.14. The molecule has 0 saturated heterocycles. The van der Waals surface area contributed by atoms with Crippen LogP contribution < -0.4 is 20.9 Å². The van der Waals surface area contributed by atoms with Crippen LogP contribution in [0.25, 0.3) is 10.9 Å². The maximum atomic E-state index is 12.4. The average molecular weight is 396 g/mol. The van der Waals surface area contributed by atoms with E-state index in [1.807, 2.05) is 44.2 Å². The lowest BCUT2D eigenvalue weighted by atomic mass is 10.0. The largest absolute Gasteiger partial charge is 0.495 e. The minimum absolute atomic E-state index is 0.0585.